The van der Waals surface area contributed by atoms with Gasteiger partial charge in [-0.1, -0.05) is 28.1 Å². The molecule has 0 unspecified atom stereocenters. The van der Waals surface area contributed by atoms with E-state index in [-0.39, 0.29) is 24.2 Å². The monoisotopic (exact) mass is 502 g/mol. The Morgan fingerprint density at radius 2 is 1.84 bits per heavy atom. The molecule has 1 saturated heterocycles. The minimum Gasteiger partial charge on any atom is -0.459 e. The van der Waals surface area contributed by atoms with E-state index in [0.717, 1.165) is 28.1 Å². The van der Waals surface area contributed by atoms with Crippen molar-refractivity contribution in [2.75, 3.05) is 18.4 Å². The molecule has 0 bridgehead atoms. The zero-order valence-electron chi connectivity index (χ0n) is 18.1. The Bertz CT molecular complexity index is 1040. The van der Waals surface area contributed by atoms with Crippen LogP contribution >= 0.6 is 27.3 Å². The Labute approximate surface area is 195 Å². The Balaban J connectivity index is 1.79. The summed E-state index contributed by atoms with van der Waals surface area (Å²) < 4.78 is 12.4. The number of thiophene rings is 1. The number of nitrogens with one attached hydrogen (secondary N) is 1. The zero-order valence-corrected chi connectivity index (χ0v) is 20.5. The molecular weight excluding hydrogens is 476 g/mol. The first kappa shape index (κ1) is 22.3. The quantitative estimate of drug-likeness (QED) is 0.453. The lowest BCUT2D eigenvalue weighted by Gasteiger charge is -2.41. The highest BCUT2D eigenvalue weighted by Crippen LogP contribution is 2.43. The predicted octanol–water partition coefficient (Wildman–Crippen LogP) is 6.17. The van der Waals surface area contributed by atoms with E-state index in [2.05, 4.69) is 78.1 Å². The molecule has 3 heterocycles. The van der Waals surface area contributed by atoms with Crippen LogP contribution in [0.25, 0.3) is 0 Å². The van der Waals surface area contributed by atoms with Gasteiger partial charge in [-0.3, -0.25) is 9.69 Å². The van der Waals surface area contributed by atoms with Crippen molar-refractivity contribution in [3.05, 3.63) is 74.5 Å². The van der Waals surface area contributed by atoms with Gasteiger partial charge in [-0.25, -0.2) is 0 Å². The topological polar surface area (TPSA) is 54.7 Å². The maximum atomic E-state index is 12.8. The molecular formula is C24H27BrN2O3S. The summed E-state index contributed by atoms with van der Waals surface area (Å²) in [5.41, 5.74) is 3.55. The molecule has 0 saturated carbocycles. The minimum atomic E-state index is -0.231. The lowest BCUT2D eigenvalue weighted by Crippen LogP contribution is -2.47. The average Bonchev–Trinajstić information content (AvgIpc) is 3.34. The summed E-state index contributed by atoms with van der Waals surface area (Å²) in [6.07, 6.45) is 1.80. The van der Waals surface area contributed by atoms with Gasteiger partial charge in [0.25, 0.3) is 5.91 Å². The summed E-state index contributed by atoms with van der Waals surface area (Å²) in [5.74, 6) is 0.0780. The lowest BCUT2D eigenvalue weighted by molar-refractivity contribution is -0.0765. The number of benzene rings is 1. The second kappa shape index (κ2) is 9.28. The molecule has 1 amide bonds. The Morgan fingerprint density at radius 3 is 2.45 bits per heavy atom. The van der Waals surface area contributed by atoms with Crippen LogP contribution in [-0.2, 0) is 4.74 Å². The van der Waals surface area contributed by atoms with E-state index >= 15 is 0 Å². The van der Waals surface area contributed by atoms with E-state index < -0.39 is 0 Å². The van der Waals surface area contributed by atoms with Crippen LogP contribution in [0.3, 0.4) is 0 Å². The van der Waals surface area contributed by atoms with E-state index in [1.807, 2.05) is 0 Å². The molecule has 31 heavy (non-hydrogen) atoms. The first-order valence-corrected chi connectivity index (χ1v) is 12.0. The molecule has 0 spiro atoms. The van der Waals surface area contributed by atoms with Crippen LogP contribution in [0.2, 0.25) is 0 Å². The van der Waals surface area contributed by atoms with Crippen LogP contribution in [0, 0.1) is 13.8 Å². The highest BCUT2D eigenvalue weighted by atomic mass is 79.9. The third-order valence-electron chi connectivity index (χ3n) is 5.68. The second-order valence-corrected chi connectivity index (χ2v) is 10.3. The number of hydrogen-bond donors (Lipinski definition) is 1. The van der Waals surface area contributed by atoms with Gasteiger partial charge in [0.05, 0.1) is 24.5 Å². The third kappa shape index (κ3) is 4.80. The van der Waals surface area contributed by atoms with Crippen molar-refractivity contribution in [2.45, 2.75) is 45.9 Å². The molecule has 4 rings (SSSR count). The summed E-state index contributed by atoms with van der Waals surface area (Å²) in [6, 6.07) is 11.9. The van der Waals surface area contributed by atoms with Crippen molar-refractivity contribution >= 4 is 38.2 Å². The molecule has 1 N–H and O–H groups in total. The molecule has 5 nitrogen and oxygen atoms in total. The van der Waals surface area contributed by atoms with Gasteiger partial charge in [-0.05, 0) is 63.1 Å². The van der Waals surface area contributed by atoms with E-state index in [9.17, 15) is 4.79 Å². The van der Waals surface area contributed by atoms with Crippen molar-refractivity contribution in [3.8, 4) is 0 Å². The Kier molecular flexibility index (Phi) is 6.67. The first-order chi connectivity index (χ1) is 14.8. The first-order valence-electron chi connectivity index (χ1n) is 10.4. The number of carbonyl (C=O) groups excluding carboxylic acids is 1. The van der Waals surface area contributed by atoms with Gasteiger partial charge in [0, 0.05) is 28.0 Å². The summed E-state index contributed by atoms with van der Waals surface area (Å²) in [7, 11) is 0. The number of aryl methyl sites for hydroxylation is 1. The summed E-state index contributed by atoms with van der Waals surface area (Å²) in [6.45, 7) is 10.1. The number of furan rings is 1. The summed E-state index contributed by atoms with van der Waals surface area (Å²) in [4.78, 5) is 16.5. The molecule has 0 aliphatic carbocycles. The number of rotatable bonds is 5. The van der Waals surface area contributed by atoms with E-state index in [0.29, 0.717) is 5.76 Å². The fourth-order valence-electron chi connectivity index (χ4n) is 4.27. The van der Waals surface area contributed by atoms with Crippen molar-refractivity contribution in [1.82, 2.24) is 4.90 Å². The van der Waals surface area contributed by atoms with E-state index in [1.165, 1.54) is 22.3 Å². The minimum absolute atomic E-state index is 0.0127. The normalized spacial score (nSPS) is 20.5. The van der Waals surface area contributed by atoms with Crippen LogP contribution in [-0.4, -0.2) is 36.1 Å². The number of carbonyl (C=O) groups is 1. The molecule has 1 aromatic carbocycles. The SMILES string of the molecule is Cc1sc(NC(=O)c2ccco2)c([C@H](c2ccc(Br)cc2)N2C[C@@H](C)O[C@H](C)C2)c1C. The van der Waals surface area contributed by atoms with Gasteiger partial charge in [-0.15, -0.1) is 11.3 Å². The van der Waals surface area contributed by atoms with Crippen LogP contribution in [0.5, 0.6) is 0 Å². The average molecular weight is 503 g/mol. The zero-order chi connectivity index (χ0) is 22.1. The van der Waals surface area contributed by atoms with Gasteiger partial charge in [0.1, 0.15) is 5.00 Å². The molecule has 7 heteroatoms. The molecule has 2 aromatic heterocycles. The predicted molar refractivity (Wildman–Crippen MR) is 128 cm³/mol. The Hall–Kier alpha value is -1.93. The van der Waals surface area contributed by atoms with Crippen LogP contribution in [0.15, 0.2) is 51.6 Å². The molecule has 1 aliphatic rings. The van der Waals surface area contributed by atoms with Crippen LogP contribution in [0.4, 0.5) is 5.00 Å². The fourth-order valence-corrected chi connectivity index (χ4v) is 5.62. The van der Waals surface area contributed by atoms with Crippen molar-refractivity contribution < 1.29 is 13.9 Å². The third-order valence-corrected chi connectivity index (χ3v) is 7.34. The van der Waals surface area contributed by atoms with Gasteiger partial charge < -0.3 is 14.5 Å². The number of nitrogens with zero attached hydrogens (tertiary/aromatic N) is 1. The number of halogens is 1. The van der Waals surface area contributed by atoms with E-state index in [4.69, 9.17) is 9.15 Å². The number of ether oxygens (including phenoxy) is 1. The number of amides is 1. The molecule has 0 radical (unpaired) electrons. The van der Waals surface area contributed by atoms with Crippen LogP contribution in [0.1, 0.15) is 52.0 Å². The van der Waals surface area contributed by atoms with Crippen molar-refractivity contribution in [3.63, 3.8) is 0 Å². The van der Waals surface area contributed by atoms with Gasteiger partial charge in [0.15, 0.2) is 5.76 Å². The molecule has 3 atom stereocenters. The molecule has 1 aliphatic heterocycles. The second-order valence-electron chi connectivity index (χ2n) is 8.12. The van der Waals surface area contributed by atoms with Gasteiger partial charge in [0.2, 0.25) is 0 Å². The number of hydrogen-bond acceptors (Lipinski definition) is 5. The largest absolute Gasteiger partial charge is 0.459 e. The van der Waals surface area contributed by atoms with Crippen molar-refractivity contribution in [2.24, 2.45) is 0 Å². The number of anilines is 1. The van der Waals surface area contributed by atoms with Crippen LogP contribution < -0.4 is 5.32 Å². The van der Waals surface area contributed by atoms with E-state index in [1.54, 1.807) is 23.5 Å². The highest BCUT2D eigenvalue weighted by molar-refractivity contribution is 9.10. The summed E-state index contributed by atoms with van der Waals surface area (Å²) >= 11 is 5.17. The van der Waals surface area contributed by atoms with Gasteiger partial charge in [-0.2, -0.15) is 0 Å². The standard InChI is InChI=1S/C24H27BrN2O3S/c1-14-12-27(13-15(2)30-14)22(18-7-9-19(25)10-8-18)21-16(3)17(4)31-24(21)26-23(28)20-6-5-11-29-20/h5-11,14-15,22H,12-13H2,1-4H3,(H,26,28)/t14-,15-,22+/m1/s1. The molecule has 3 aromatic rings. The maximum absolute atomic E-state index is 12.8. The summed E-state index contributed by atoms with van der Waals surface area (Å²) in [5, 5.41) is 3.99. The lowest BCUT2D eigenvalue weighted by atomic mass is 9.94. The van der Waals surface area contributed by atoms with Gasteiger partial charge >= 0.3 is 0 Å². The fraction of sp³-hybridized carbons (Fsp3) is 0.375. The Morgan fingerprint density at radius 1 is 1.16 bits per heavy atom. The van der Waals surface area contributed by atoms with Crippen molar-refractivity contribution in [1.29, 1.82) is 0 Å². The maximum Gasteiger partial charge on any atom is 0.291 e. The molecule has 164 valence electrons. The smallest absolute Gasteiger partial charge is 0.291 e. The number of morpholine rings is 1. The molecule has 1 fully saturated rings. The highest BCUT2D eigenvalue weighted by Gasteiger charge is 2.34.